The van der Waals surface area contributed by atoms with Gasteiger partial charge in [-0.1, -0.05) is 23.7 Å². The standard InChI is InChI=1S/C20H17ClN2O5/c1-3-28-17-9-12(5-7-16(17)24)8-14-18(25)22-20(27)23(19(14)26)15-10-13(21)6-4-11(15)2/h4-10,24H,3H2,1-2H3,(H,22,25,27)/b14-8+. The third-order valence-corrected chi connectivity index (χ3v) is 4.34. The van der Waals surface area contributed by atoms with E-state index in [1.54, 1.807) is 26.0 Å². The zero-order valence-corrected chi connectivity index (χ0v) is 15.9. The van der Waals surface area contributed by atoms with Gasteiger partial charge in [0, 0.05) is 5.02 Å². The Kier molecular flexibility index (Phi) is 5.37. The SMILES string of the molecule is CCOc1cc(/C=C2\C(=O)NC(=O)N(c3cc(Cl)ccc3C)C2=O)ccc1O. The van der Waals surface area contributed by atoms with Crippen LogP contribution in [0, 0.1) is 6.92 Å². The number of urea groups is 1. The molecule has 28 heavy (non-hydrogen) atoms. The van der Waals surface area contributed by atoms with Crippen LogP contribution in [0.1, 0.15) is 18.1 Å². The van der Waals surface area contributed by atoms with Gasteiger partial charge in [0.15, 0.2) is 11.5 Å². The highest BCUT2D eigenvalue weighted by Gasteiger charge is 2.37. The molecule has 4 amide bonds. The molecule has 1 saturated heterocycles. The first-order valence-corrected chi connectivity index (χ1v) is 8.83. The summed E-state index contributed by atoms with van der Waals surface area (Å²) >= 11 is 6.00. The number of nitrogens with zero attached hydrogens (tertiary/aromatic N) is 1. The van der Waals surface area contributed by atoms with Crippen LogP contribution in [0.15, 0.2) is 42.0 Å². The Morgan fingerprint density at radius 3 is 2.64 bits per heavy atom. The lowest BCUT2D eigenvalue weighted by atomic mass is 10.1. The summed E-state index contributed by atoms with van der Waals surface area (Å²) in [4.78, 5) is 38.4. The number of benzene rings is 2. The highest BCUT2D eigenvalue weighted by Crippen LogP contribution is 2.30. The minimum absolute atomic E-state index is 0.0604. The fraction of sp³-hybridized carbons (Fsp3) is 0.150. The molecular formula is C20H17ClN2O5. The van der Waals surface area contributed by atoms with Crippen LogP contribution >= 0.6 is 11.6 Å². The molecule has 1 heterocycles. The van der Waals surface area contributed by atoms with E-state index in [0.29, 0.717) is 22.8 Å². The van der Waals surface area contributed by atoms with Gasteiger partial charge in [0.1, 0.15) is 5.57 Å². The van der Waals surface area contributed by atoms with Gasteiger partial charge in [-0.3, -0.25) is 14.9 Å². The average molecular weight is 401 g/mol. The number of anilines is 1. The van der Waals surface area contributed by atoms with Crippen molar-refractivity contribution in [3.63, 3.8) is 0 Å². The van der Waals surface area contributed by atoms with Gasteiger partial charge in [-0.15, -0.1) is 0 Å². The van der Waals surface area contributed by atoms with Gasteiger partial charge in [-0.2, -0.15) is 0 Å². The average Bonchev–Trinajstić information content (AvgIpc) is 2.64. The molecule has 0 saturated carbocycles. The first-order chi connectivity index (χ1) is 13.3. The van der Waals surface area contributed by atoms with Crippen LogP contribution in [-0.2, 0) is 9.59 Å². The molecule has 0 aromatic heterocycles. The molecule has 1 fully saturated rings. The van der Waals surface area contributed by atoms with E-state index in [0.717, 1.165) is 4.90 Å². The number of carbonyl (C=O) groups excluding carboxylic acids is 3. The summed E-state index contributed by atoms with van der Waals surface area (Å²) in [5.41, 5.74) is 1.16. The highest BCUT2D eigenvalue weighted by atomic mass is 35.5. The Balaban J connectivity index is 2.04. The van der Waals surface area contributed by atoms with Crippen LogP contribution in [0.4, 0.5) is 10.5 Å². The maximum atomic E-state index is 12.9. The Bertz CT molecular complexity index is 1020. The number of nitrogens with one attached hydrogen (secondary N) is 1. The fourth-order valence-electron chi connectivity index (χ4n) is 2.76. The Labute approximate surface area is 166 Å². The number of phenolic OH excluding ortho intramolecular Hbond substituents is 1. The minimum atomic E-state index is -0.849. The normalized spacial score (nSPS) is 15.8. The molecule has 1 aliphatic rings. The van der Waals surface area contributed by atoms with E-state index in [4.69, 9.17) is 16.3 Å². The number of aryl methyl sites for hydroxylation is 1. The molecule has 2 aromatic carbocycles. The number of hydrogen-bond acceptors (Lipinski definition) is 5. The zero-order chi connectivity index (χ0) is 20.4. The fourth-order valence-corrected chi connectivity index (χ4v) is 2.92. The largest absolute Gasteiger partial charge is 0.504 e. The van der Waals surface area contributed by atoms with Crippen molar-refractivity contribution < 1.29 is 24.2 Å². The number of rotatable bonds is 4. The first-order valence-electron chi connectivity index (χ1n) is 8.45. The van der Waals surface area contributed by atoms with Gasteiger partial charge in [0.05, 0.1) is 12.3 Å². The molecule has 1 aliphatic heterocycles. The van der Waals surface area contributed by atoms with Gasteiger partial charge in [-0.05, 0) is 55.3 Å². The lowest BCUT2D eigenvalue weighted by molar-refractivity contribution is -0.122. The first kappa shape index (κ1) is 19.4. The molecule has 0 bridgehead atoms. The molecule has 2 N–H and O–H groups in total. The third kappa shape index (κ3) is 3.70. The molecule has 0 radical (unpaired) electrons. The Morgan fingerprint density at radius 1 is 1.18 bits per heavy atom. The van der Waals surface area contributed by atoms with Crippen molar-refractivity contribution in [3.05, 3.63) is 58.1 Å². The van der Waals surface area contributed by atoms with Crippen molar-refractivity contribution in [3.8, 4) is 11.5 Å². The Morgan fingerprint density at radius 2 is 1.93 bits per heavy atom. The third-order valence-electron chi connectivity index (χ3n) is 4.11. The van der Waals surface area contributed by atoms with Crippen molar-refractivity contribution in [2.75, 3.05) is 11.5 Å². The van der Waals surface area contributed by atoms with Crippen LogP contribution < -0.4 is 15.0 Å². The lowest BCUT2D eigenvalue weighted by Gasteiger charge is -2.27. The van der Waals surface area contributed by atoms with Crippen LogP contribution in [0.5, 0.6) is 11.5 Å². The van der Waals surface area contributed by atoms with E-state index in [1.807, 2.05) is 0 Å². The molecule has 0 atom stereocenters. The molecule has 2 aromatic rings. The topological polar surface area (TPSA) is 95.9 Å². The predicted molar refractivity (Wildman–Crippen MR) is 104 cm³/mol. The lowest BCUT2D eigenvalue weighted by Crippen LogP contribution is -2.54. The molecule has 0 spiro atoms. The van der Waals surface area contributed by atoms with Gasteiger partial charge in [0.2, 0.25) is 0 Å². The van der Waals surface area contributed by atoms with Crippen LogP contribution in [0.2, 0.25) is 5.02 Å². The summed E-state index contributed by atoms with van der Waals surface area (Å²) in [5.74, 6) is -1.42. The number of amides is 4. The summed E-state index contributed by atoms with van der Waals surface area (Å²) < 4.78 is 5.31. The monoisotopic (exact) mass is 400 g/mol. The summed E-state index contributed by atoms with van der Waals surface area (Å²) in [6.07, 6.45) is 1.33. The summed E-state index contributed by atoms with van der Waals surface area (Å²) in [7, 11) is 0. The van der Waals surface area contributed by atoms with E-state index < -0.39 is 17.8 Å². The maximum absolute atomic E-state index is 12.9. The van der Waals surface area contributed by atoms with Gasteiger partial charge < -0.3 is 9.84 Å². The summed E-state index contributed by atoms with van der Waals surface area (Å²) in [6.45, 7) is 3.82. The van der Waals surface area contributed by atoms with Crippen molar-refractivity contribution in [2.45, 2.75) is 13.8 Å². The molecule has 3 rings (SSSR count). The van der Waals surface area contributed by atoms with Crippen molar-refractivity contribution in [1.82, 2.24) is 5.32 Å². The quantitative estimate of drug-likeness (QED) is 0.605. The van der Waals surface area contributed by atoms with Gasteiger partial charge in [0.25, 0.3) is 11.8 Å². The van der Waals surface area contributed by atoms with Gasteiger partial charge >= 0.3 is 6.03 Å². The number of ether oxygens (including phenoxy) is 1. The van der Waals surface area contributed by atoms with E-state index in [9.17, 15) is 19.5 Å². The van der Waals surface area contributed by atoms with E-state index in [-0.39, 0.29) is 22.8 Å². The second-order valence-corrected chi connectivity index (χ2v) is 6.49. The number of aromatic hydroxyl groups is 1. The van der Waals surface area contributed by atoms with Gasteiger partial charge in [-0.25, -0.2) is 9.69 Å². The number of hydrogen-bond donors (Lipinski definition) is 2. The maximum Gasteiger partial charge on any atom is 0.335 e. The Hall–Kier alpha value is -3.32. The second kappa shape index (κ2) is 7.74. The van der Waals surface area contributed by atoms with Crippen LogP contribution in [-0.4, -0.2) is 29.6 Å². The smallest absolute Gasteiger partial charge is 0.335 e. The van der Waals surface area contributed by atoms with Crippen LogP contribution in [0.25, 0.3) is 6.08 Å². The summed E-state index contributed by atoms with van der Waals surface area (Å²) in [5, 5.41) is 12.3. The zero-order valence-electron chi connectivity index (χ0n) is 15.2. The molecular weight excluding hydrogens is 384 g/mol. The molecule has 8 heteroatoms. The molecule has 144 valence electrons. The summed E-state index contributed by atoms with van der Waals surface area (Å²) in [6, 6.07) is 8.36. The van der Waals surface area contributed by atoms with E-state index in [2.05, 4.69) is 5.32 Å². The van der Waals surface area contributed by atoms with Crippen LogP contribution in [0.3, 0.4) is 0 Å². The van der Waals surface area contributed by atoms with Crippen molar-refractivity contribution in [1.29, 1.82) is 0 Å². The van der Waals surface area contributed by atoms with E-state index in [1.165, 1.54) is 30.3 Å². The van der Waals surface area contributed by atoms with Crippen molar-refractivity contribution >= 4 is 41.2 Å². The number of carbonyl (C=O) groups is 3. The predicted octanol–water partition coefficient (Wildman–Crippen LogP) is 3.42. The molecule has 7 nitrogen and oxygen atoms in total. The number of barbiturate groups is 1. The number of halogens is 1. The second-order valence-electron chi connectivity index (χ2n) is 6.05. The van der Waals surface area contributed by atoms with Crippen molar-refractivity contribution in [2.24, 2.45) is 0 Å². The molecule has 0 aliphatic carbocycles. The number of phenols is 1. The van der Waals surface area contributed by atoms with E-state index >= 15 is 0 Å². The minimum Gasteiger partial charge on any atom is -0.504 e. The number of imide groups is 2. The molecule has 0 unspecified atom stereocenters. The highest BCUT2D eigenvalue weighted by molar-refractivity contribution is 6.39.